The van der Waals surface area contributed by atoms with Gasteiger partial charge in [-0.05, 0) is 42.7 Å². The molecular weight excluding hydrogens is 264 g/mol. The van der Waals surface area contributed by atoms with Gasteiger partial charge in [-0.25, -0.2) is 5.48 Å². The van der Waals surface area contributed by atoms with Crippen LogP contribution in [0.15, 0.2) is 48.5 Å². The van der Waals surface area contributed by atoms with Crippen LogP contribution in [0.2, 0.25) is 0 Å². The summed E-state index contributed by atoms with van der Waals surface area (Å²) in [7, 11) is 0. The number of fused-ring (bicyclic) bond motifs is 1. The van der Waals surface area contributed by atoms with Gasteiger partial charge in [0.1, 0.15) is 0 Å². The van der Waals surface area contributed by atoms with E-state index in [0.717, 1.165) is 18.5 Å². The Kier molecular flexibility index (Phi) is 3.62. The molecule has 1 heterocycles. The van der Waals surface area contributed by atoms with Crippen molar-refractivity contribution in [1.29, 1.82) is 0 Å². The van der Waals surface area contributed by atoms with Crippen LogP contribution >= 0.6 is 0 Å². The van der Waals surface area contributed by atoms with Gasteiger partial charge >= 0.3 is 0 Å². The molecule has 0 aromatic heterocycles. The molecule has 0 aliphatic carbocycles. The second-order valence-corrected chi connectivity index (χ2v) is 5.45. The summed E-state index contributed by atoms with van der Waals surface area (Å²) in [5.74, 6) is -0.485. The van der Waals surface area contributed by atoms with Crippen molar-refractivity contribution in [2.24, 2.45) is 0 Å². The highest BCUT2D eigenvalue weighted by Crippen LogP contribution is 2.32. The number of hydroxylamine groups is 1. The summed E-state index contributed by atoms with van der Waals surface area (Å²) in [6.45, 7) is 3.05. The van der Waals surface area contributed by atoms with Crippen LogP contribution in [-0.4, -0.2) is 17.2 Å². The zero-order valence-corrected chi connectivity index (χ0v) is 11.9. The third kappa shape index (κ3) is 2.62. The number of carbonyl (C=O) groups excluding carboxylic acids is 1. The molecule has 4 nitrogen and oxygen atoms in total. The molecule has 0 spiro atoms. The van der Waals surface area contributed by atoms with Crippen molar-refractivity contribution in [2.75, 3.05) is 4.90 Å². The van der Waals surface area contributed by atoms with Crippen molar-refractivity contribution in [1.82, 2.24) is 5.48 Å². The minimum atomic E-state index is -0.485. The molecule has 1 amide bonds. The molecular formula is C17H18N2O2. The van der Waals surface area contributed by atoms with E-state index in [2.05, 4.69) is 36.1 Å². The van der Waals surface area contributed by atoms with E-state index in [1.807, 2.05) is 12.1 Å². The number of nitrogens with one attached hydrogen (secondary N) is 1. The number of anilines is 1. The molecule has 0 fully saturated rings. The van der Waals surface area contributed by atoms with Gasteiger partial charge in [-0.15, -0.1) is 0 Å². The largest absolute Gasteiger partial charge is 0.364 e. The van der Waals surface area contributed by atoms with Crippen molar-refractivity contribution in [3.8, 4) is 0 Å². The lowest BCUT2D eigenvalue weighted by molar-refractivity contribution is 0.0706. The summed E-state index contributed by atoms with van der Waals surface area (Å²) < 4.78 is 0. The van der Waals surface area contributed by atoms with Crippen LogP contribution in [0.5, 0.6) is 0 Å². The zero-order valence-electron chi connectivity index (χ0n) is 11.9. The van der Waals surface area contributed by atoms with E-state index in [1.54, 1.807) is 17.6 Å². The van der Waals surface area contributed by atoms with Gasteiger partial charge in [-0.3, -0.25) is 10.0 Å². The van der Waals surface area contributed by atoms with Gasteiger partial charge in [0.25, 0.3) is 5.91 Å². The normalized spacial score (nSPS) is 16.7. The maximum Gasteiger partial charge on any atom is 0.274 e. The van der Waals surface area contributed by atoms with Gasteiger partial charge in [0, 0.05) is 23.8 Å². The van der Waals surface area contributed by atoms with E-state index in [9.17, 15) is 4.79 Å². The molecule has 4 heteroatoms. The molecule has 2 aromatic carbocycles. The molecule has 2 aromatic rings. The fourth-order valence-corrected chi connectivity index (χ4v) is 2.89. The van der Waals surface area contributed by atoms with Gasteiger partial charge in [-0.1, -0.05) is 30.3 Å². The molecule has 1 aliphatic rings. The van der Waals surface area contributed by atoms with E-state index in [0.29, 0.717) is 11.6 Å². The highest BCUT2D eigenvalue weighted by molar-refractivity contribution is 5.93. The second-order valence-electron chi connectivity index (χ2n) is 5.45. The van der Waals surface area contributed by atoms with Gasteiger partial charge in [0.2, 0.25) is 0 Å². The Morgan fingerprint density at radius 3 is 2.67 bits per heavy atom. The molecule has 1 atom stereocenters. The van der Waals surface area contributed by atoms with E-state index < -0.39 is 5.91 Å². The molecule has 108 valence electrons. The quantitative estimate of drug-likeness (QED) is 0.672. The highest BCUT2D eigenvalue weighted by atomic mass is 16.5. The fraction of sp³-hybridized carbons (Fsp3) is 0.235. The van der Waals surface area contributed by atoms with Gasteiger partial charge < -0.3 is 4.90 Å². The van der Waals surface area contributed by atoms with Crippen LogP contribution in [0.25, 0.3) is 0 Å². The van der Waals surface area contributed by atoms with Crippen LogP contribution in [0, 0.1) is 0 Å². The minimum Gasteiger partial charge on any atom is -0.364 e. The summed E-state index contributed by atoms with van der Waals surface area (Å²) in [4.78, 5) is 13.7. The molecule has 0 saturated heterocycles. The van der Waals surface area contributed by atoms with Gasteiger partial charge in [-0.2, -0.15) is 0 Å². The number of rotatable bonds is 3. The maximum atomic E-state index is 11.3. The topological polar surface area (TPSA) is 52.6 Å². The zero-order chi connectivity index (χ0) is 14.8. The first-order valence-electron chi connectivity index (χ1n) is 7.07. The first-order chi connectivity index (χ1) is 10.2. The number of hydrogen-bond donors (Lipinski definition) is 2. The summed E-state index contributed by atoms with van der Waals surface area (Å²) in [6.07, 6.45) is 1.07. The Morgan fingerprint density at radius 2 is 1.95 bits per heavy atom. The van der Waals surface area contributed by atoms with Crippen molar-refractivity contribution >= 4 is 11.6 Å². The van der Waals surface area contributed by atoms with Crippen molar-refractivity contribution in [3.63, 3.8) is 0 Å². The second kappa shape index (κ2) is 5.58. The lowest BCUT2D eigenvalue weighted by atomic mass is 10.1. The predicted octanol–water partition coefficient (Wildman–Crippen LogP) is 2.76. The van der Waals surface area contributed by atoms with E-state index in [1.165, 1.54) is 11.3 Å². The molecule has 0 radical (unpaired) electrons. The maximum absolute atomic E-state index is 11.3. The molecule has 1 aliphatic heterocycles. The minimum absolute atomic E-state index is 0.455. The number of para-hydroxylation sites is 1. The third-order valence-corrected chi connectivity index (χ3v) is 4.02. The third-order valence-electron chi connectivity index (χ3n) is 4.02. The SMILES string of the molecule is CC1Cc2ccccc2N1Cc1ccc(C(=O)NO)cc1. The van der Waals surface area contributed by atoms with Crippen LogP contribution in [0.4, 0.5) is 5.69 Å². The molecule has 0 bridgehead atoms. The van der Waals surface area contributed by atoms with Crippen LogP contribution < -0.4 is 10.4 Å². The fourth-order valence-electron chi connectivity index (χ4n) is 2.89. The van der Waals surface area contributed by atoms with Crippen molar-refractivity contribution in [3.05, 3.63) is 65.2 Å². The van der Waals surface area contributed by atoms with Gasteiger partial charge in [0.15, 0.2) is 0 Å². The first kappa shape index (κ1) is 13.6. The lowest BCUT2D eigenvalue weighted by Crippen LogP contribution is -2.28. The van der Waals surface area contributed by atoms with Crippen LogP contribution in [0.3, 0.4) is 0 Å². The molecule has 1 unspecified atom stereocenters. The Labute approximate surface area is 124 Å². The first-order valence-corrected chi connectivity index (χ1v) is 7.07. The summed E-state index contributed by atoms with van der Waals surface area (Å²) in [5.41, 5.74) is 5.93. The average Bonchev–Trinajstić information content (AvgIpc) is 2.83. The van der Waals surface area contributed by atoms with Crippen LogP contribution in [0.1, 0.15) is 28.4 Å². The number of hydrogen-bond acceptors (Lipinski definition) is 3. The average molecular weight is 282 g/mol. The van der Waals surface area contributed by atoms with E-state index >= 15 is 0 Å². The lowest BCUT2D eigenvalue weighted by Gasteiger charge is -2.25. The summed E-state index contributed by atoms with van der Waals surface area (Å²) >= 11 is 0. The molecule has 21 heavy (non-hydrogen) atoms. The Balaban J connectivity index is 1.79. The predicted molar refractivity (Wildman–Crippen MR) is 81.5 cm³/mol. The summed E-state index contributed by atoms with van der Waals surface area (Å²) in [6, 6.07) is 16.3. The number of carbonyl (C=O) groups is 1. The number of nitrogens with zero attached hydrogens (tertiary/aromatic N) is 1. The molecule has 0 saturated carbocycles. The highest BCUT2D eigenvalue weighted by Gasteiger charge is 2.25. The van der Waals surface area contributed by atoms with Crippen molar-refractivity contribution < 1.29 is 10.0 Å². The molecule has 2 N–H and O–H groups in total. The Hall–Kier alpha value is -2.33. The van der Waals surface area contributed by atoms with Gasteiger partial charge in [0.05, 0.1) is 0 Å². The Morgan fingerprint density at radius 1 is 1.24 bits per heavy atom. The monoisotopic (exact) mass is 282 g/mol. The number of benzene rings is 2. The van der Waals surface area contributed by atoms with Crippen molar-refractivity contribution in [2.45, 2.75) is 25.9 Å². The molecule has 3 rings (SSSR count). The van der Waals surface area contributed by atoms with E-state index in [-0.39, 0.29) is 0 Å². The smallest absolute Gasteiger partial charge is 0.274 e. The van der Waals surface area contributed by atoms with Crippen LogP contribution in [-0.2, 0) is 13.0 Å². The van der Waals surface area contributed by atoms with E-state index in [4.69, 9.17) is 5.21 Å². The summed E-state index contributed by atoms with van der Waals surface area (Å²) in [5, 5.41) is 8.62. The number of amides is 1. The Bertz CT molecular complexity index is 652. The standard InChI is InChI=1S/C17H18N2O2/c1-12-10-15-4-2-3-5-16(15)19(12)11-13-6-8-14(9-7-13)17(20)18-21/h2-9,12,21H,10-11H2,1H3,(H,18,20).